The fourth-order valence-corrected chi connectivity index (χ4v) is 2.26. The predicted molar refractivity (Wildman–Crippen MR) is 60.4 cm³/mol. The van der Waals surface area contributed by atoms with Crippen LogP contribution in [0.15, 0.2) is 0 Å². The number of aliphatic hydroxyl groups excluding tert-OH is 2. The van der Waals surface area contributed by atoms with Gasteiger partial charge in [0.05, 0.1) is 25.0 Å². The molecule has 0 aliphatic carbocycles. The zero-order valence-corrected chi connectivity index (χ0v) is 10.0. The molecule has 0 bridgehead atoms. The third-order valence-electron chi connectivity index (χ3n) is 2.00. The average molecular weight is 282 g/mol. The summed E-state index contributed by atoms with van der Waals surface area (Å²) >= 11 is 0.587. The van der Waals surface area contributed by atoms with Crippen molar-refractivity contribution in [3.05, 3.63) is 0 Å². The molecule has 0 aromatic heterocycles. The van der Waals surface area contributed by atoms with Gasteiger partial charge in [0.2, 0.25) is 0 Å². The number of hydrogen-bond acceptors (Lipinski definition) is 6. The summed E-state index contributed by atoms with van der Waals surface area (Å²) in [7, 11) is 0. The highest BCUT2D eigenvalue weighted by Crippen LogP contribution is 2.24. The molecule has 5 N–H and O–H groups in total. The van der Waals surface area contributed by atoms with Gasteiger partial charge in [0.1, 0.15) is 5.25 Å². The van der Waals surface area contributed by atoms with E-state index in [0.29, 0.717) is 11.8 Å². The number of rotatable bonds is 9. The Bertz CT molecular complexity index is 318. The topological polar surface area (TPSA) is 152 Å². The molecule has 3 unspecified atom stereocenters. The molecule has 3 atom stereocenters. The zero-order chi connectivity index (χ0) is 14.3. The van der Waals surface area contributed by atoms with Crippen LogP contribution in [0.1, 0.15) is 6.42 Å². The van der Waals surface area contributed by atoms with Gasteiger partial charge < -0.3 is 25.5 Å². The zero-order valence-electron chi connectivity index (χ0n) is 9.22. The maximum atomic E-state index is 10.9. The number of carboxylic acid groups (broad SMARTS) is 3. The fourth-order valence-electron chi connectivity index (χ4n) is 1.14. The molecule has 0 radical (unpaired) electrons. The van der Waals surface area contributed by atoms with E-state index in [1.54, 1.807) is 0 Å². The lowest BCUT2D eigenvalue weighted by Gasteiger charge is -2.19. The first-order valence-corrected chi connectivity index (χ1v) is 5.92. The summed E-state index contributed by atoms with van der Waals surface area (Å²) in [6.45, 7) is -0.587. The van der Waals surface area contributed by atoms with E-state index in [1.165, 1.54) is 0 Å². The third-order valence-corrected chi connectivity index (χ3v) is 3.47. The molecule has 0 saturated carbocycles. The minimum Gasteiger partial charge on any atom is -0.481 e. The number of carbonyl (C=O) groups is 3. The maximum Gasteiger partial charge on any atom is 0.317 e. The molecular formula is C9H14O8S. The standard InChI is InChI=1S/C9H14O8S/c10-2-4(11)3-18-7(9(16)17)5(8(14)15)1-6(12)13/h4-5,7,10-11H,1-3H2,(H,12,13)(H,14,15)(H,16,17). The van der Waals surface area contributed by atoms with Crippen LogP contribution in [-0.4, -0.2) is 67.2 Å². The molecule has 0 spiro atoms. The first-order chi connectivity index (χ1) is 8.29. The van der Waals surface area contributed by atoms with E-state index < -0.39 is 48.2 Å². The van der Waals surface area contributed by atoms with E-state index in [4.69, 9.17) is 25.5 Å². The third kappa shape index (κ3) is 5.84. The van der Waals surface area contributed by atoms with Crippen LogP contribution < -0.4 is 0 Å². The van der Waals surface area contributed by atoms with Crippen LogP contribution in [0.5, 0.6) is 0 Å². The molecule has 0 fully saturated rings. The van der Waals surface area contributed by atoms with Crippen molar-refractivity contribution in [3.8, 4) is 0 Å². The van der Waals surface area contributed by atoms with Crippen LogP contribution in [0.3, 0.4) is 0 Å². The molecule has 0 saturated heterocycles. The van der Waals surface area contributed by atoms with Gasteiger partial charge in [0.15, 0.2) is 0 Å². The highest BCUT2D eigenvalue weighted by Gasteiger charge is 2.36. The second-order valence-electron chi connectivity index (χ2n) is 3.47. The lowest BCUT2D eigenvalue weighted by molar-refractivity contribution is -0.151. The fraction of sp³-hybridized carbons (Fsp3) is 0.667. The van der Waals surface area contributed by atoms with E-state index in [-0.39, 0.29) is 5.75 Å². The SMILES string of the molecule is O=C(O)CC(C(=O)O)C(SCC(O)CO)C(=O)O. The Morgan fingerprint density at radius 3 is 1.94 bits per heavy atom. The largest absolute Gasteiger partial charge is 0.481 e. The number of aliphatic carboxylic acids is 3. The summed E-state index contributed by atoms with van der Waals surface area (Å²) < 4.78 is 0. The molecular weight excluding hydrogens is 268 g/mol. The van der Waals surface area contributed by atoms with Crippen molar-refractivity contribution in [2.45, 2.75) is 17.8 Å². The van der Waals surface area contributed by atoms with Gasteiger partial charge in [0.25, 0.3) is 0 Å². The van der Waals surface area contributed by atoms with Gasteiger partial charge in [-0.25, -0.2) is 0 Å². The van der Waals surface area contributed by atoms with Crippen LogP contribution >= 0.6 is 11.8 Å². The van der Waals surface area contributed by atoms with Crippen LogP contribution in [0.4, 0.5) is 0 Å². The van der Waals surface area contributed by atoms with Crippen molar-refractivity contribution in [1.29, 1.82) is 0 Å². The maximum absolute atomic E-state index is 10.9. The first-order valence-electron chi connectivity index (χ1n) is 4.87. The van der Waals surface area contributed by atoms with E-state index in [2.05, 4.69) is 0 Å². The number of carboxylic acids is 3. The Morgan fingerprint density at radius 1 is 1.06 bits per heavy atom. The van der Waals surface area contributed by atoms with Crippen LogP contribution in [0, 0.1) is 5.92 Å². The number of aliphatic hydroxyl groups is 2. The molecule has 0 heterocycles. The highest BCUT2D eigenvalue weighted by molar-refractivity contribution is 8.00. The lowest BCUT2D eigenvalue weighted by Crippen LogP contribution is -2.35. The monoisotopic (exact) mass is 282 g/mol. The van der Waals surface area contributed by atoms with Crippen LogP contribution in [-0.2, 0) is 14.4 Å². The summed E-state index contributed by atoms with van der Waals surface area (Å²) in [6, 6.07) is 0. The summed E-state index contributed by atoms with van der Waals surface area (Å²) in [5.74, 6) is -6.22. The average Bonchev–Trinajstić information content (AvgIpc) is 2.26. The summed E-state index contributed by atoms with van der Waals surface area (Å²) in [6.07, 6.45) is -2.01. The van der Waals surface area contributed by atoms with E-state index in [9.17, 15) is 14.4 Å². The quantitative estimate of drug-likeness (QED) is 0.347. The Morgan fingerprint density at radius 2 is 1.61 bits per heavy atom. The molecule has 0 aliphatic heterocycles. The van der Waals surface area contributed by atoms with E-state index >= 15 is 0 Å². The molecule has 104 valence electrons. The summed E-state index contributed by atoms with van der Waals surface area (Å²) in [5.41, 5.74) is 0. The molecule has 0 rings (SSSR count). The van der Waals surface area contributed by atoms with Crippen molar-refractivity contribution in [2.75, 3.05) is 12.4 Å². The van der Waals surface area contributed by atoms with E-state index in [1.807, 2.05) is 0 Å². The number of hydrogen-bond donors (Lipinski definition) is 5. The Kier molecular flexibility index (Phi) is 7.32. The van der Waals surface area contributed by atoms with Gasteiger partial charge in [-0.2, -0.15) is 0 Å². The van der Waals surface area contributed by atoms with Crippen molar-refractivity contribution >= 4 is 29.7 Å². The minimum atomic E-state index is -1.60. The Hall–Kier alpha value is -1.32. The van der Waals surface area contributed by atoms with Gasteiger partial charge in [-0.15, -0.1) is 11.8 Å². The smallest absolute Gasteiger partial charge is 0.317 e. The first kappa shape index (κ1) is 16.7. The molecule has 0 aromatic rings. The van der Waals surface area contributed by atoms with Crippen molar-refractivity contribution < 1.29 is 39.9 Å². The van der Waals surface area contributed by atoms with E-state index in [0.717, 1.165) is 0 Å². The minimum absolute atomic E-state index is 0.198. The highest BCUT2D eigenvalue weighted by atomic mass is 32.2. The summed E-state index contributed by atoms with van der Waals surface area (Å²) in [4.78, 5) is 32.2. The second-order valence-corrected chi connectivity index (χ2v) is 4.65. The van der Waals surface area contributed by atoms with Crippen molar-refractivity contribution in [2.24, 2.45) is 5.92 Å². The van der Waals surface area contributed by atoms with Gasteiger partial charge in [-0.1, -0.05) is 0 Å². The normalized spacial score (nSPS) is 15.7. The van der Waals surface area contributed by atoms with Gasteiger partial charge >= 0.3 is 17.9 Å². The van der Waals surface area contributed by atoms with Crippen LogP contribution in [0.2, 0.25) is 0 Å². The van der Waals surface area contributed by atoms with Gasteiger partial charge in [-0.3, -0.25) is 14.4 Å². The Labute approximate surface area is 106 Å². The Balaban J connectivity index is 4.76. The van der Waals surface area contributed by atoms with Gasteiger partial charge in [0, 0.05) is 5.75 Å². The molecule has 0 aromatic carbocycles. The molecule has 9 heteroatoms. The number of thioether (sulfide) groups is 1. The molecule has 0 aliphatic rings. The van der Waals surface area contributed by atoms with Gasteiger partial charge in [-0.05, 0) is 0 Å². The predicted octanol–water partition coefficient (Wildman–Crippen LogP) is -1.30. The summed E-state index contributed by atoms with van der Waals surface area (Å²) in [5, 5.41) is 42.3. The molecule has 8 nitrogen and oxygen atoms in total. The van der Waals surface area contributed by atoms with Crippen LogP contribution in [0.25, 0.3) is 0 Å². The van der Waals surface area contributed by atoms with Crippen molar-refractivity contribution in [1.82, 2.24) is 0 Å². The molecule has 0 amide bonds. The molecule has 18 heavy (non-hydrogen) atoms. The second kappa shape index (κ2) is 7.90. The lowest BCUT2D eigenvalue weighted by atomic mass is 10.0. The van der Waals surface area contributed by atoms with Crippen molar-refractivity contribution in [3.63, 3.8) is 0 Å².